The van der Waals surface area contributed by atoms with Crippen molar-refractivity contribution >= 4 is 17.8 Å². The fourth-order valence-corrected chi connectivity index (χ4v) is 7.49. The molecule has 3 saturated heterocycles. The summed E-state index contributed by atoms with van der Waals surface area (Å²) in [5.74, 6) is -3.76. The quantitative estimate of drug-likeness (QED) is 0.536. The molecule has 194 valence electrons. The van der Waals surface area contributed by atoms with Crippen LogP contribution in [0.4, 0.5) is 0 Å². The molecule has 1 aromatic rings. The van der Waals surface area contributed by atoms with Gasteiger partial charge >= 0.3 is 5.97 Å². The first-order valence-electron chi connectivity index (χ1n) is 13.1. The number of carbonyl (C=O) groups excluding carboxylic acids is 2. The zero-order chi connectivity index (χ0) is 25.7. The van der Waals surface area contributed by atoms with Gasteiger partial charge in [0.05, 0.1) is 30.1 Å². The summed E-state index contributed by atoms with van der Waals surface area (Å²) in [7, 11) is 0. The van der Waals surface area contributed by atoms with Gasteiger partial charge in [0, 0.05) is 12.6 Å². The van der Waals surface area contributed by atoms with Gasteiger partial charge in [-0.1, -0.05) is 55.7 Å². The number of fused-ring (bicyclic) bond motifs is 1. The zero-order valence-electron chi connectivity index (χ0n) is 20.8. The topological polar surface area (TPSA) is 107 Å². The molecule has 1 aromatic carbocycles. The molecule has 2 amide bonds. The first-order chi connectivity index (χ1) is 17.3. The normalized spacial score (nSPS) is 34.4. The van der Waals surface area contributed by atoms with Crippen molar-refractivity contribution < 1.29 is 29.3 Å². The smallest absolute Gasteiger partial charge is 0.310 e. The number of amides is 2. The van der Waals surface area contributed by atoms with Crippen molar-refractivity contribution in [3.05, 3.63) is 48.6 Å². The number of nitrogens with zero attached hydrogens (tertiary/aromatic N) is 2. The Morgan fingerprint density at radius 1 is 1.22 bits per heavy atom. The SMILES string of the molecule is C=CCN(C(=O)C1N([C@H](CO)c2ccccc2)C(=O)[C@@H]2[C@@H](C(=O)O)[C@@]3(C)CCC12O3)C1CCCCC1. The average molecular weight is 497 g/mol. The lowest BCUT2D eigenvalue weighted by molar-refractivity contribution is -0.159. The van der Waals surface area contributed by atoms with Crippen LogP contribution in [-0.2, 0) is 19.1 Å². The van der Waals surface area contributed by atoms with Crippen LogP contribution in [0, 0.1) is 11.8 Å². The van der Waals surface area contributed by atoms with Gasteiger partial charge in [0.1, 0.15) is 11.6 Å². The molecule has 0 radical (unpaired) electrons. The van der Waals surface area contributed by atoms with Crippen LogP contribution < -0.4 is 0 Å². The van der Waals surface area contributed by atoms with E-state index in [9.17, 15) is 24.6 Å². The highest BCUT2D eigenvalue weighted by molar-refractivity contribution is 5.98. The number of carboxylic acid groups (broad SMARTS) is 1. The van der Waals surface area contributed by atoms with E-state index in [4.69, 9.17) is 4.74 Å². The predicted molar refractivity (Wildman–Crippen MR) is 132 cm³/mol. The molecule has 8 heteroatoms. The van der Waals surface area contributed by atoms with Crippen LogP contribution in [0.25, 0.3) is 0 Å². The maximum Gasteiger partial charge on any atom is 0.310 e. The largest absolute Gasteiger partial charge is 0.481 e. The van der Waals surface area contributed by atoms with Gasteiger partial charge in [0.15, 0.2) is 0 Å². The molecule has 5 rings (SSSR count). The number of ether oxygens (including phenoxy) is 1. The third kappa shape index (κ3) is 3.60. The summed E-state index contributed by atoms with van der Waals surface area (Å²) in [4.78, 5) is 44.4. The minimum absolute atomic E-state index is 0.0328. The second-order valence-electron chi connectivity index (χ2n) is 11.0. The van der Waals surface area contributed by atoms with Crippen molar-refractivity contribution in [2.45, 2.75) is 81.2 Å². The number of carboxylic acids is 1. The van der Waals surface area contributed by atoms with Crippen LogP contribution in [0.5, 0.6) is 0 Å². The molecule has 8 nitrogen and oxygen atoms in total. The van der Waals surface area contributed by atoms with Gasteiger partial charge in [0.2, 0.25) is 11.8 Å². The highest BCUT2D eigenvalue weighted by Crippen LogP contribution is 2.64. The molecule has 0 aromatic heterocycles. The van der Waals surface area contributed by atoms with Crippen molar-refractivity contribution in [3.63, 3.8) is 0 Å². The minimum Gasteiger partial charge on any atom is -0.481 e. The molecular formula is C28H36N2O6. The maximum atomic E-state index is 14.5. The number of aliphatic hydroxyl groups is 1. The second kappa shape index (κ2) is 9.30. The Labute approximate surface area is 211 Å². The number of rotatable bonds is 8. The number of hydrogen-bond acceptors (Lipinski definition) is 5. The molecule has 1 aliphatic carbocycles. The monoisotopic (exact) mass is 496 g/mol. The molecule has 6 atom stereocenters. The number of aliphatic carboxylic acids is 1. The van der Waals surface area contributed by atoms with E-state index in [1.165, 1.54) is 4.90 Å². The van der Waals surface area contributed by atoms with Gasteiger partial charge in [-0.15, -0.1) is 6.58 Å². The number of hydrogen-bond donors (Lipinski definition) is 2. The number of aliphatic hydroxyl groups excluding tert-OH is 1. The molecule has 2 bridgehead atoms. The van der Waals surface area contributed by atoms with Crippen molar-refractivity contribution in [1.82, 2.24) is 9.80 Å². The van der Waals surface area contributed by atoms with Gasteiger partial charge in [-0.25, -0.2) is 0 Å². The van der Waals surface area contributed by atoms with E-state index < -0.39 is 47.0 Å². The van der Waals surface area contributed by atoms with E-state index in [2.05, 4.69) is 6.58 Å². The van der Waals surface area contributed by atoms with Gasteiger partial charge in [0.25, 0.3) is 0 Å². The summed E-state index contributed by atoms with van der Waals surface area (Å²) in [5, 5.41) is 20.7. The van der Waals surface area contributed by atoms with Gasteiger partial charge in [-0.2, -0.15) is 0 Å². The Morgan fingerprint density at radius 2 is 1.92 bits per heavy atom. The van der Waals surface area contributed by atoms with Crippen molar-refractivity contribution in [1.29, 1.82) is 0 Å². The third-order valence-electron chi connectivity index (χ3n) is 9.03. The first-order valence-corrected chi connectivity index (χ1v) is 13.1. The fraction of sp³-hybridized carbons (Fsp3) is 0.607. The van der Waals surface area contributed by atoms with E-state index in [1.54, 1.807) is 13.0 Å². The third-order valence-corrected chi connectivity index (χ3v) is 9.03. The van der Waals surface area contributed by atoms with Crippen LogP contribution in [0.1, 0.15) is 63.5 Å². The lowest BCUT2D eigenvalue weighted by Gasteiger charge is -2.42. The fourth-order valence-electron chi connectivity index (χ4n) is 7.49. The lowest BCUT2D eigenvalue weighted by atomic mass is 9.66. The highest BCUT2D eigenvalue weighted by Gasteiger charge is 2.79. The molecule has 36 heavy (non-hydrogen) atoms. The molecule has 4 aliphatic rings. The van der Waals surface area contributed by atoms with Crippen LogP contribution in [0.15, 0.2) is 43.0 Å². The number of likely N-dealkylation sites (tertiary alicyclic amines) is 1. The Balaban J connectivity index is 1.63. The van der Waals surface area contributed by atoms with E-state index >= 15 is 0 Å². The summed E-state index contributed by atoms with van der Waals surface area (Å²) in [6.45, 7) is 5.58. The van der Waals surface area contributed by atoms with Crippen molar-refractivity contribution in [2.75, 3.05) is 13.2 Å². The van der Waals surface area contributed by atoms with Crippen molar-refractivity contribution in [3.8, 4) is 0 Å². The molecule has 1 spiro atoms. The molecular weight excluding hydrogens is 460 g/mol. The summed E-state index contributed by atoms with van der Waals surface area (Å²) >= 11 is 0. The van der Waals surface area contributed by atoms with Crippen molar-refractivity contribution in [2.24, 2.45) is 11.8 Å². The molecule has 2 unspecified atom stereocenters. The minimum atomic E-state index is -1.23. The van der Waals surface area contributed by atoms with E-state index in [0.717, 1.165) is 32.1 Å². The summed E-state index contributed by atoms with van der Waals surface area (Å²) in [6.07, 6.45) is 7.57. The van der Waals surface area contributed by atoms with Gasteiger partial charge < -0.3 is 24.7 Å². The molecule has 3 aliphatic heterocycles. The van der Waals surface area contributed by atoms with Crippen LogP contribution in [-0.4, -0.2) is 74.2 Å². The second-order valence-corrected chi connectivity index (χ2v) is 11.0. The number of benzene rings is 1. The van der Waals surface area contributed by atoms with Crippen LogP contribution >= 0.6 is 0 Å². The standard InChI is InChI=1S/C28H36N2O6/c1-3-16-29(19-12-8-5-9-13-19)25(33)23-28-15-14-27(2,36-28)22(26(34)35)21(28)24(32)30(23)20(17-31)18-10-6-4-7-11-18/h3-4,6-7,10-11,19-23,31H,1,5,8-9,12-17H2,2H3,(H,34,35)/t20-,21+,22+,23?,27-,28?/m1/s1. The zero-order valence-corrected chi connectivity index (χ0v) is 20.8. The van der Waals surface area contributed by atoms with Crippen LogP contribution in [0.2, 0.25) is 0 Å². The molecule has 2 N–H and O–H groups in total. The Kier molecular flexibility index (Phi) is 6.45. The molecule has 1 saturated carbocycles. The van der Waals surface area contributed by atoms with E-state index in [-0.39, 0.29) is 18.6 Å². The van der Waals surface area contributed by atoms with Crippen LogP contribution in [0.3, 0.4) is 0 Å². The maximum absolute atomic E-state index is 14.5. The van der Waals surface area contributed by atoms with Gasteiger partial charge in [-0.3, -0.25) is 14.4 Å². The Bertz CT molecular complexity index is 1040. The summed E-state index contributed by atoms with van der Waals surface area (Å²) in [5.41, 5.74) is -1.54. The average Bonchev–Trinajstić information content (AvgIpc) is 3.45. The lowest BCUT2D eigenvalue weighted by Crippen LogP contribution is -2.59. The van der Waals surface area contributed by atoms with E-state index in [1.807, 2.05) is 35.2 Å². The number of carbonyl (C=O) groups is 3. The summed E-state index contributed by atoms with van der Waals surface area (Å²) in [6, 6.07) is 7.37. The first kappa shape index (κ1) is 25.0. The Hall–Kier alpha value is -2.71. The molecule has 4 fully saturated rings. The van der Waals surface area contributed by atoms with Gasteiger partial charge in [-0.05, 0) is 38.2 Å². The predicted octanol–water partition coefficient (Wildman–Crippen LogP) is 2.92. The molecule has 3 heterocycles. The van der Waals surface area contributed by atoms with E-state index in [0.29, 0.717) is 24.9 Å². The Morgan fingerprint density at radius 3 is 2.53 bits per heavy atom. The summed E-state index contributed by atoms with van der Waals surface area (Å²) < 4.78 is 6.53. The highest BCUT2D eigenvalue weighted by atomic mass is 16.5.